The SMILES string of the molecule is Cc1cc(OC(C)C(=O)Nc2nc(-c3ccc(Br)cc3)c(C)s2)cc(C)c1Cl. The van der Waals surface area contributed by atoms with Crippen LogP contribution in [0.3, 0.4) is 0 Å². The van der Waals surface area contributed by atoms with E-state index in [1.807, 2.05) is 57.2 Å². The Bertz CT molecular complexity index is 995. The molecule has 1 N–H and O–H groups in total. The van der Waals surface area contributed by atoms with Crippen molar-refractivity contribution in [3.8, 4) is 17.0 Å². The molecule has 1 unspecified atom stereocenters. The van der Waals surface area contributed by atoms with E-state index in [9.17, 15) is 4.79 Å². The van der Waals surface area contributed by atoms with E-state index >= 15 is 0 Å². The predicted octanol–water partition coefficient (Wildman–Crippen LogP) is 6.56. The number of nitrogens with zero attached hydrogens (tertiary/aromatic N) is 1. The van der Waals surface area contributed by atoms with Crippen molar-refractivity contribution in [1.82, 2.24) is 4.98 Å². The van der Waals surface area contributed by atoms with Crippen LogP contribution < -0.4 is 10.1 Å². The van der Waals surface area contributed by atoms with Gasteiger partial charge in [0, 0.05) is 19.9 Å². The maximum absolute atomic E-state index is 12.6. The van der Waals surface area contributed by atoms with Crippen molar-refractivity contribution in [2.24, 2.45) is 0 Å². The molecule has 0 aliphatic rings. The fraction of sp³-hybridized carbons (Fsp3) is 0.238. The normalized spacial score (nSPS) is 11.9. The molecule has 1 heterocycles. The third kappa shape index (κ3) is 4.74. The van der Waals surface area contributed by atoms with Gasteiger partial charge in [0.05, 0.1) is 5.69 Å². The van der Waals surface area contributed by atoms with E-state index in [1.54, 1.807) is 6.92 Å². The number of nitrogens with one attached hydrogen (secondary N) is 1. The van der Waals surface area contributed by atoms with Gasteiger partial charge in [0.1, 0.15) is 5.75 Å². The van der Waals surface area contributed by atoms with Gasteiger partial charge in [0.2, 0.25) is 0 Å². The number of benzene rings is 2. The lowest BCUT2D eigenvalue weighted by Gasteiger charge is -2.15. The molecule has 0 saturated carbocycles. The lowest BCUT2D eigenvalue weighted by molar-refractivity contribution is -0.122. The fourth-order valence-electron chi connectivity index (χ4n) is 2.76. The number of carbonyl (C=O) groups is 1. The minimum absolute atomic E-state index is 0.249. The Kier molecular flexibility index (Phi) is 6.43. The molecule has 4 nitrogen and oxygen atoms in total. The molecule has 0 aliphatic heterocycles. The highest BCUT2D eigenvalue weighted by atomic mass is 79.9. The van der Waals surface area contributed by atoms with E-state index < -0.39 is 6.10 Å². The molecular weight excluding hydrogens is 460 g/mol. The van der Waals surface area contributed by atoms with Gasteiger partial charge in [0.15, 0.2) is 11.2 Å². The summed E-state index contributed by atoms with van der Waals surface area (Å²) in [5.74, 6) is 0.370. The van der Waals surface area contributed by atoms with Gasteiger partial charge in [-0.05, 0) is 63.1 Å². The molecular formula is C21H20BrClN2O2S. The van der Waals surface area contributed by atoms with Crippen molar-refractivity contribution >= 4 is 49.9 Å². The molecule has 3 rings (SSSR count). The molecule has 3 aromatic rings. The number of carbonyl (C=O) groups excluding carboxylic acids is 1. The van der Waals surface area contributed by atoms with E-state index in [1.165, 1.54) is 11.3 Å². The van der Waals surface area contributed by atoms with E-state index in [4.69, 9.17) is 16.3 Å². The van der Waals surface area contributed by atoms with Crippen LogP contribution in [-0.2, 0) is 4.79 Å². The Morgan fingerprint density at radius 3 is 2.39 bits per heavy atom. The number of ether oxygens (including phenoxy) is 1. The summed E-state index contributed by atoms with van der Waals surface area (Å²) in [6.45, 7) is 7.53. The monoisotopic (exact) mass is 478 g/mol. The fourth-order valence-corrected chi connectivity index (χ4v) is 3.98. The Morgan fingerprint density at radius 1 is 1.18 bits per heavy atom. The van der Waals surface area contributed by atoms with E-state index in [2.05, 4.69) is 26.2 Å². The van der Waals surface area contributed by atoms with Gasteiger partial charge in [-0.3, -0.25) is 10.1 Å². The molecule has 0 saturated heterocycles. The smallest absolute Gasteiger partial charge is 0.266 e. The lowest BCUT2D eigenvalue weighted by atomic mass is 10.1. The van der Waals surface area contributed by atoms with Gasteiger partial charge >= 0.3 is 0 Å². The van der Waals surface area contributed by atoms with Crippen molar-refractivity contribution < 1.29 is 9.53 Å². The van der Waals surface area contributed by atoms with Crippen LogP contribution in [0.25, 0.3) is 11.3 Å². The number of halogens is 2. The van der Waals surface area contributed by atoms with Gasteiger partial charge < -0.3 is 4.74 Å². The molecule has 146 valence electrons. The second-order valence-electron chi connectivity index (χ2n) is 6.55. The van der Waals surface area contributed by atoms with Crippen LogP contribution in [0.5, 0.6) is 5.75 Å². The average Bonchev–Trinajstić information content (AvgIpc) is 3.00. The Hall–Kier alpha value is -1.89. The van der Waals surface area contributed by atoms with Crippen LogP contribution in [0.1, 0.15) is 22.9 Å². The molecule has 1 amide bonds. The lowest BCUT2D eigenvalue weighted by Crippen LogP contribution is -2.30. The minimum Gasteiger partial charge on any atom is -0.481 e. The van der Waals surface area contributed by atoms with Crippen molar-refractivity contribution in [1.29, 1.82) is 0 Å². The molecule has 2 aromatic carbocycles. The first kappa shape index (κ1) is 20.8. The predicted molar refractivity (Wildman–Crippen MR) is 120 cm³/mol. The summed E-state index contributed by atoms with van der Waals surface area (Å²) in [6.07, 6.45) is -0.666. The Morgan fingerprint density at radius 2 is 1.79 bits per heavy atom. The van der Waals surface area contributed by atoms with Gasteiger partial charge in [-0.1, -0.05) is 39.7 Å². The molecule has 0 bridgehead atoms. The summed E-state index contributed by atoms with van der Waals surface area (Å²) in [4.78, 5) is 18.2. The third-order valence-corrected chi connectivity index (χ3v) is 6.25. The quantitative estimate of drug-likeness (QED) is 0.451. The first-order valence-electron chi connectivity index (χ1n) is 8.72. The zero-order chi connectivity index (χ0) is 20.4. The second kappa shape index (κ2) is 8.64. The summed E-state index contributed by atoms with van der Waals surface area (Å²) in [5, 5.41) is 4.12. The van der Waals surface area contributed by atoms with Crippen LogP contribution in [-0.4, -0.2) is 17.0 Å². The van der Waals surface area contributed by atoms with Gasteiger partial charge in [-0.15, -0.1) is 11.3 Å². The molecule has 0 spiro atoms. The second-order valence-corrected chi connectivity index (χ2v) is 9.05. The number of hydrogen-bond acceptors (Lipinski definition) is 4. The molecule has 7 heteroatoms. The summed E-state index contributed by atoms with van der Waals surface area (Å²) < 4.78 is 6.81. The van der Waals surface area contributed by atoms with Crippen LogP contribution in [0.4, 0.5) is 5.13 Å². The zero-order valence-electron chi connectivity index (χ0n) is 16.0. The summed E-state index contributed by atoms with van der Waals surface area (Å²) in [7, 11) is 0. The number of amides is 1. The van der Waals surface area contributed by atoms with E-state index in [-0.39, 0.29) is 5.91 Å². The van der Waals surface area contributed by atoms with Gasteiger partial charge in [0.25, 0.3) is 5.91 Å². The Balaban J connectivity index is 1.71. The highest BCUT2D eigenvalue weighted by Crippen LogP contribution is 2.31. The number of anilines is 1. The topological polar surface area (TPSA) is 51.2 Å². The van der Waals surface area contributed by atoms with E-state index in [0.717, 1.165) is 31.7 Å². The number of hydrogen-bond donors (Lipinski definition) is 1. The summed E-state index contributed by atoms with van der Waals surface area (Å²) in [5.41, 5.74) is 3.71. The van der Waals surface area contributed by atoms with Gasteiger partial charge in [-0.2, -0.15) is 0 Å². The minimum atomic E-state index is -0.666. The number of rotatable bonds is 5. The van der Waals surface area contributed by atoms with Crippen LogP contribution in [0.2, 0.25) is 5.02 Å². The van der Waals surface area contributed by atoms with Crippen molar-refractivity contribution in [2.45, 2.75) is 33.8 Å². The van der Waals surface area contributed by atoms with E-state index in [0.29, 0.717) is 15.9 Å². The highest BCUT2D eigenvalue weighted by molar-refractivity contribution is 9.10. The highest BCUT2D eigenvalue weighted by Gasteiger charge is 2.18. The largest absolute Gasteiger partial charge is 0.481 e. The summed E-state index contributed by atoms with van der Waals surface area (Å²) in [6, 6.07) is 11.6. The first-order valence-corrected chi connectivity index (χ1v) is 10.7. The molecule has 0 aliphatic carbocycles. The zero-order valence-corrected chi connectivity index (χ0v) is 19.1. The Labute approximate surface area is 182 Å². The molecule has 28 heavy (non-hydrogen) atoms. The average molecular weight is 480 g/mol. The molecule has 1 aromatic heterocycles. The molecule has 0 radical (unpaired) electrons. The third-order valence-electron chi connectivity index (χ3n) is 4.24. The van der Waals surface area contributed by atoms with Crippen molar-refractivity contribution in [2.75, 3.05) is 5.32 Å². The van der Waals surface area contributed by atoms with Crippen LogP contribution in [0, 0.1) is 20.8 Å². The summed E-state index contributed by atoms with van der Waals surface area (Å²) >= 11 is 11.1. The molecule has 1 atom stereocenters. The maximum Gasteiger partial charge on any atom is 0.266 e. The standard InChI is InChI=1S/C21H20BrClN2O2S/c1-11-9-17(10-12(2)18(11)23)27-13(3)20(26)25-21-24-19(14(4)28-21)15-5-7-16(22)8-6-15/h5-10,13H,1-4H3,(H,24,25,26). The van der Waals surface area contributed by atoms with Crippen molar-refractivity contribution in [3.05, 3.63) is 61.9 Å². The van der Waals surface area contributed by atoms with Crippen molar-refractivity contribution in [3.63, 3.8) is 0 Å². The van der Waals surface area contributed by atoms with Crippen LogP contribution >= 0.6 is 38.9 Å². The first-order chi connectivity index (χ1) is 13.2. The number of thiazole rings is 1. The molecule has 0 fully saturated rings. The number of aromatic nitrogens is 1. The maximum atomic E-state index is 12.6. The number of aryl methyl sites for hydroxylation is 3. The van der Waals surface area contributed by atoms with Gasteiger partial charge in [-0.25, -0.2) is 4.98 Å². The van der Waals surface area contributed by atoms with Crippen LogP contribution in [0.15, 0.2) is 40.9 Å².